The van der Waals surface area contributed by atoms with Gasteiger partial charge < -0.3 is 15.4 Å². The second-order valence-electron chi connectivity index (χ2n) is 6.56. The molecule has 1 atom stereocenters. The molecule has 3 rings (SSSR count). The molecule has 2 aromatic carbocycles. The minimum Gasteiger partial charge on any atom is -0.454 e. The Balaban J connectivity index is 1.56. The van der Waals surface area contributed by atoms with Gasteiger partial charge >= 0.3 is 5.97 Å². The lowest BCUT2D eigenvalue weighted by atomic mass is 10.1. The molecular weight excluding hydrogens is 400 g/mol. The van der Waals surface area contributed by atoms with E-state index in [9.17, 15) is 14.4 Å². The van der Waals surface area contributed by atoms with Gasteiger partial charge in [-0.2, -0.15) is 0 Å². The Morgan fingerprint density at radius 3 is 2.17 bits per heavy atom. The van der Waals surface area contributed by atoms with Crippen molar-refractivity contribution in [3.8, 4) is 0 Å². The van der Waals surface area contributed by atoms with Crippen molar-refractivity contribution >= 4 is 29.1 Å². The Kier molecular flexibility index (Phi) is 7.74. The Morgan fingerprint density at radius 2 is 1.53 bits per heavy atom. The zero-order valence-electron chi connectivity index (χ0n) is 16.2. The standard InChI is InChI=1S/C23H22N2O4S/c26-21(24-15-18-10-5-2-6-11-18)16-29-23(28)19(14-17-8-3-1-4-9-17)25-22(27)20-12-7-13-30-20/h1-13,19H,14-16H2,(H,24,26)(H,25,27)/t19-/m0/s1. The van der Waals surface area contributed by atoms with Gasteiger partial charge in [-0.25, -0.2) is 4.79 Å². The number of thiophene rings is 1. The lowest BCUT2D eigenvalue weighted by molar-refractivity contribution is -0.150. The van der Waals surface area contributed by atoms with Crippen LogP contribution in [0.2, 0.25) is 0 Å². The summed E-state index contributed by atoms with van der Waals surface area (Å²) in [4.78, 5) is 37.6. The van der Waals surface area contributed by atoms with E-state index >= 15 is 0 Å². The molecule has 0 aliphatic rings. The van der Waals surface area contributed by atoms with Crippen molar-refractivity contribution in [3.05, 3.63) is 94.2 Å². The summed E-state index contributed by atoms with van der Waals surface area (Å²) in [5.74, 6) is -1.41. The van der Waals surface area contributed by atoms with E-state index in [1.165, 1.54) is 11.3 Å². The smallest absolute Gasteiger partial charge is 0.329 e. The maximum atomic E-state index is 12.6. The second-order valence-corrected chi connectivity index (χ2v) is 7.51. The number of carbonyl (C=O) groups excluding carboxylic acids is 3. The molecule has 0 aliphatic heterocycles. The van der Waals surface area contributed by atoms with Crippen LogP contribution in [0.1, 0.15) is 20.8 Å². The molecule has 0 aliphatic carbocycles. The summed E-state index contributed by atoms with van der Waals surface area (Å²) in [7, 11) is 0. The highest BCUT2D eigenvalue weighted by Gasteiger charge is 2.24. The monoisotopic (exact) mass is 422 g/mol. The van der Waals surface area contributed by atoms with Crippen LogP contribution in [-0.2, 0) is 27.3 Å². The molecule has 2 N–H and O–H groups in total. The number of esters is 1. The van der Waals surface area contributed by atoms with Crippen LogP contribution < -0.4 is 10.6 Å². The number of ether oxygens (including phenoxy) is 1. The van der Waals surface area contributed by atoms with E-state index in [-0.39, 0.29) is 12.3 Å². The molecule has 3 aromatic rings. The molecule has 0 fully saturated rings. The number of nitrogens with one attached hydrogen (secondary N) is 2. The molecule has 30 heavy (non-hydrogen) atoms. The summed E-state index contributed by atoms with van der Waals surface area (Å²) in [6.07, 6.45) is 0.266. The quantitative estimate of drug-likeness (QED) is 0.519. The van der Waals surface area contributed by atoms with Gasteiger partial charge in [-0.1, -0.05) is 66.7 Å². The Bertz CT molecular complexity index is 959. The molecule has 154 valence electrons. The van der Waals surface area contributed by atoms with Crippen LogP contribution in [0.3, 0.4) is 0 Å². The van der Waals surface area contributed by atoms with Crippen molar-refractivity contribution in [2.75, 3.05) is 6.61 Å². The van der Waals surface area contributed by atoms with Gasteiger partial charge in [0.2, 0.25) is 0 Å². The first-order valence-electron chi connectivity index (χ1n) is 9.47. The van der Waals surface area contributed by atoms with Gasteiger partial charge in [0.25, 0.3) is 11.8 Å². The van der Waals surface area contributed by atoms with Gasteiger partial charge in [0.05, 0.1) is 4.88 Å². The van der Waals surface area contributed by atoms with Gasteiger partial charge in [-0.3, -0.25) is 9.59 Å². The van der Waals surface area contributed by atoms with Crippen molar-refractivity contribution in [2.24, 2.45) is 0 Å². The fourth-order valence-electron chi connectivity index (χ4n) is 2.77. The Hall–Kier alpha value is -3.45. The summed E-state index contributed by atoms with van der Waals surface area (Å²) in [5, 5.41) is 7.21. The SMILES string of the molecule is O=C(COC(=O)[C@H](Cc1ccccc1)NC(=O)c1cccs1)NCc1ccccc1. The molecule has 7 heteroatoms. The Morgan fingerprint density at radius 1 is 0.867 bits per heavy atom. The average molecular weight is 423 g/mol. The lowest BCUT2D eigenvalue weighted by Crippen LogP contribution is -2.44. The van der Waals surface area contributed by atoms with Crippen LogP contribution in [0, 0.1) is 0 Å². The number of hydrogen-bond donors (Lipinski definition) is 2. The summed E-state index contributed by atoms with van der Waals surface area (Å²) >= 11 is 1.29. The molecule has 0 unspecified atom stereocenters. The first kappa shape index (κ1) is 21.3. The molecule has 2 amide bonds. The molecule has 0 saturated carbocycles. The van der Waals surface area contributed by atoms with E-state index in [0.717, 1.165) is 11.1 Å². The molecule has 1 aromatic heterocycles. The number of carbonyl (C=O) groups is 3. The van der Waals surface area contributed by atoms with E-state index in [2.05, 4.69) is 10.6 Å². The third-order valence-electron chi connectivity index (χ3n) is 4.30. The third kappa shape index (κ3) is 6.56. The molecular formula is C23H22N2O4S. The van der Waals surface area contributed by atoms with E-state index in [0.29, 0.717) is 11.4 Å². The summed E-state index contributed by atoms with van der Waals surface area (Å²) in [5.41, 5.74) is 1.82. The van der Waals surface area contributed by atoms with Crippen molar-refractivity contribution < 1.29 is 19.1 Å². The number of rotatable bonds is 9. The highest BCUT2D eigenvalue weighted by Crippen LogP contribution is 2.10. The Labute approximate surface area is 178 Å². The second kappa shape index (κ2) is 10.9. The first-order valence-corrected chi connectivity index (χ1v) is 10.4. The molecule has 0 saturated heterocycles. The summed E-state index contributed by atoms with van der Waals surface area (Å²) in [6, 6.07) is 21.3. The first-order chi connectivity index (χ1) is 14.6. The normalized spacial score (nSPS) is 11.3. The van der Waals surface area contributed by atoms with Gasteiger partial charge in [0.15, 0.2) is 6.61 Å². The molecule has 0 bridgehead atoms. The lowest BCUT2D eigenvalue weighted by Gasteiger charge is -2.17. The van der Waals surface area contributed by atoms with Crippen molar-refractivity contribution in [2.45, 2.75) is 19.0 Å². The minimum absolute atomic E-state index is 0.266. The van der Waals surface area contributed by atoms with Crippen LogP contribution in [-0.4, -0.2) is 30.4 Å². The van der Waals surface area contributed by atoms with Crippen LogP contribution in [0.4, 0.5) is 0 Å². The van der Waals surface area contributed by atoms with Crippen LogP contribution in [0.15, 0.2) is 78.2 Å². The zero-order valence-corrected chi connectivity index (χ0v) is 17.1. The maximum Gasteiger partial charge on any atom is 0.329 e. The fourth-order valence-corrected chi connectivity index (χ4v) is 3.39. The zero-order chi connectivity index (χ0) is 21.2. The predicted molar refractivity (Wildman–Crippen MR) is 115 cm³/mol. The van der Waals surface area contributed by atoms with Gasteiger partial charge in [-0.15, -0.1) is 11.3 Å². The number of amides is 2. The fraction of sp³-hybridized carbons (Fsp3) is 0.174. The van der Waals surface area contributed by atoms with Crippen LogP contribution in [0.25, 0.3) is 0 Å². The van der Waals surface area contributed by atoms with Crippen molar-refractivity contribution in [3.63, 3.8) is 0 Å². The number of hydrogen-bond acceptors (Lipinski definition) is 5. The van der Waals surface area contributed by atoms with E-state index in [1.807, 2.05) is 60.7 Å². The maximum absolute atomic E-state index is 12.6. The average Bonchev–Trinajstić information content (AvgIpc) is 3.32. The third-order valence-corrected chi connectivity index (χ3v) is 5.16. The van der Waals surface area contributed by atoms with Crippen LogP contribution in [0.5, 0.6) is 0 Å². The van der Waals surface area contributed by atoms with Crippen molar-refractivity contribution in [1.82, 2.24) is 10.6 Å². The van der Waals surface area contributed by atoms with Gasteiger partial charge in [0, 0.05) is 13.0 Å². The van der Waals surface area contributed by atoms with Gasteiger partial charge in [0.1, 0.15) is 6.04 Å². The largest absolute Gasteiger partial charge is 0.454 e. The molecule has 0 radical (unpaired) electrons. The molecule has 0 spiro atoms. The topological polar surface area (TPSA) is 84.5 Å². The van der Waals surface area contributed by atoms with Crippen LogP contribution >= 0.6 is 11.3 Å². The summed E-state index contributed by atoms with van der Waals surface area (Å²) < 4.78 is 5.18. The highest BCUT2D eigenvalue weighted by atomic mass is 32.1. The van der Waals surface area contributed by atoms with Crippen molar-refractivity contribution in [1.29, 1.82) is 0 Å². The highest BCUT2D eigenvalue weighted by molar-refractivity contribution is 7.12. The molecule has 1 heterocycles. The minimum atomic E-state index is -0.899. The van der Waals surface area contributed by atoms with Gasteiger partial charge in [-0.05, 0) is 22.6 Å². The van der Waals surface area contributed by atoms with E-state index in [4.69, 9.17) is 4.74 Å². The molecule has 6 nitrogen and oxygen atoms in total. The van der Waals surface area contributed by atoms with E-state index in [1.54, 1.807) is 17.5 Å². The predicted octanol–water partition coefficient (Wildman–Crippen LogP) is 2.95. The summed E-state index contributed by atoms with van der Waals surface area (Å²) in [6.45, 7) is -0.0639. The van der Waals surface area contributed by atoms with E-state index < -0.39 is 24.5 Å². The number of benzene rings is 2.